The standard InChI is InChI=1S/C8H13F3N2O/c9-8(10,11)5-14-4-7(1-2-7)3-6(12)13/h1-5H2,(H3,12,13). The average Bonchev–Trinajstić information content (AvgIpc) is 2.64. The van der Waals surface area contributed by atoms with Crippen molar-refractivity contribution < 1.29 is 17.9 Å². The molecule has 82 valence electrons. The molecule has 0 aromatic heterocycles. The highest BCUT2D eigenvalue weighted by Crippen LogP contribution is 2.48. The van der Waals surface area contributed by atoms with Crippen LogP contribution in [0.25, 0.3) is 0 Å². The first kappa shape index (κ1) is 11.3. The molecule has 0 spiro atoms. The van der Waals surface area contributed by atoms with Crippen molar-refractivity contribution in [2.45, 2.75) is 25.4 Å². The monoisotopic (exact) mass is 210 g/mol. The number of halogens is 3. The third-order valence-electron chi connectivity index (χ3n) is 2.20. The van der Waals surface area contributed by atoms with Crippen molar-refractivity contribution in [1.82, 2.24) is 0 Å². The summed E-state index contributed by atoms with van der Waals surface area (Å²) >= 11 is 0. The predicted octanol–water partition coefficient (Wildman–Crippen LogP) is 1.67. The highest BCUT2D eigenvalue weighted by Gasteiger charge is 2.44. The van der Waals surface area contributed by atoms with E-state index in [2.05, 4.69) is 4.74 Å². The van der Waals surface area contributed by atoms with Crippen LogP contribution in [0.5, 0.6) is 0 Å². The minimum Gasteiger partial charge on any atom is -0.388 e. The molecule has 0 aromatic carbocycles. The minimum absolute atomic E-state index is 0.0121. The molecule has 1 aliphatic rings. The van der Waals surface area contributed by atoms with Crippen molar-refractivity contribution in [2.24, 2.45) is 11.1 Å². The zero-order valence-electron chi connectivity index (χ0n) is 7.66. The summed E-state index contributed by atoms with van der Waals surface area (Å²) in [5.41, 5.74) is 4.90. The Morgan fingerprint density at radius 2 is 2.00 bits per heavy atom. The van der Waals surface area contributed by atoms with Gasteiger partial charge >= 0.3 is 6.18 Å². The third kappa shape index (κ3) is 3.95. The maximum atomic E-state index is 11.7. The van der Waals surface area contributed by atoms with Crippen LogP contribution in [0.4, 0.5) is 13.2 Å². The summed E-state index contributed by atoms with van der Waals surface area (Å²) in [7, 11) is 0. The highest BCUT2D eigenvalue weighted by molar-refractivity contribution is 5.78. The molecule has 14 heavy (non-hydrogen) atoms. The molecular weight excluding hydrogens is 197 g/mol. The quantitative estimate of drug-likeness (QED) is 0.535. The van der Waals surface area contributed by atoms with Crippen molar-refractivity contribution in [3.8, 4) is 0 Å². The van der Waals surface area contributed by atoms with Gasteiger partial charge in [0.15, 0.2) is 0 Å². The van der Waals surface area contributed by atoms with Gasteiger partial charge in [-0.25, -0.2) is 0 Å². The minimum atomic E-state index is -4.27. The first-order valence-electron chi connectivity index (χ1n) is 4.30. The molecule has 1 aliphatic carbocycles. The Bertz CT molecular complexity index is 223. The third-order valence-corrected chi connectivity index (χ3v) is 2.20. The summed E-state index contributed by atoms with van der Waals surface area (Å²) in [6.07, 6.45) is -2.34. The van der Waals surface area contributed by atoms with Crippen molar-refractivity contribution >= 4 is 5.84 Å². The van der Waals surface area contributed by atoms with Crippen LogP contribution in [0, 0.1) is 10.8 Å². The molecule has 0 amide bonds. The van der Waals surface area contributed by atoms with Gasteiger partial charge in [-0.3, -0.25) is 5.41 Å². The molecule has 0 bridgehead atoms. The zero-order chi connectivity index (χ0) is 10.8. The van der Waals surface area contributed by atoms with Crippen molar-refractivity contribution in [3.63, 3.8) is 0 Å². The Labute approximate surface area is 79.9 Å². The van der Waals surface area contributed by atoms with Crippen LogP contribution in [0.15, 0.2) is 0 Å². The van der Waals surface area contributed by atoms with E-state index in [1.165, 1.54) is 0 Å². The second kappa shape index (κ2) is 3.76. The maximum Gasteiger partial charge on any atom is 0.411 e. The van der Waals surface area contributed by atoms with E-state index in [1.807, 2.05) is 0 Å². The van der Waals surface area contributed by atoms with Crippen molar-refractivity contribution in [1.29, 1.82) is 5.41 Å². The molecule has 0 atom stereocenters. The molecule has 1 rings (SSSR count). The topological polar surface area (TPSA) is 59.1 Å². The maximum absolute atomic E-state index is 11.7. The fraction of sp³-hybridized carbons (Fsp3) is 0.875. The zero-order valence-corrected chi connectivity index (χ0v) is 7.66. The Morgan fingerprint density at radius 3 is 2.36 bits per heavy atom. The second-order valence-electron chi connectivity index (χ2n) is 3.81. The van der Waals surface area contributed by atoms with E-state index in [-0.39, 0.29) is 17.9 Å². The molecule has 0 heterocycles. The van der Waals surface area contributed by atoms with Gasteiger partial charge in [-0.15, -0.1) is 0 Å². The smallest absolute Gasteiger partial charge is 0.388 e. The van der Waals surface area contributed by atoms with Crippen LogP contribution < -0.4 is 5.73 Å². The lowest BCUT2D eigenvalue weighted by molar-refractivity contribution is -0.177. The fourth-order valence-electron chi connectivity index (χ4n) is 1.34. The molecule has 3 N–H and O–H groups in total. The molecule has 3 nitrogen and oxygen atoms in total. The second-order valence-corrected chi connectivity index (χ2v) is 3.81. The van der Waals surface area contributed by atoms with Crippen LogP contribution in [0.1, 0.15) is 19.3 Å². The molecule has 1 fully saturated rings. The summed E-state index contributed by atoms with van der Waals surface area (Å²) < 4.78 is 39.7. The van der Waals surface area contributed by atoms with Gasteiger partial charge in [0, 0.05) is 11.8 Å². The molecule has 0 unspecified atom stereocenters. The van der Waals surface area contributed by atoms with Crippen LogP contribution >= 0.6 is 0 Å². The van der Waals surface area contributed by atoms with Crippen LogP contribution in [-0.4, -0.2) is 25.2 Å². The number of ether oxygens (including phenoxy) is 1. The number of nitrogens with one attached hydrogen (secondary N) is 1. The molecule has 1 saturated carbocycles. The van der Waals surface area contributed by atoms with Crippen LogP contribution in [0.3, 0.4) is 0 Å². The van der Waals surface area contributed by atoms with Gasteiger partial charge < -0.3 is 10.5 Å². The van der Waals surface area contributed by atoms with E-state index in [4.69, 9.17) is 11.1 Å². The summed E-state index contributed by atoms with van der Waals surface area (Å²) in [6, 6.07) is 0. The van der Waals surface area contributed by atoms with E-state index in [0.717, 1.165) is 12.8 Å². The lowest BCUT2D eigenvalue weighted by Crippen LogP contribution is -2.24. The Morgan fingerprint density at radius 1 is 1.43 bits per heavy atom. The lowest BCUT2D eigenvalue weighted by Gasteiger charge is -2.15. The fourth-order valence-corrected chi connectivity index (χ4v) is 1.34. The number of hydrogen-bond acceptors (Lipinski definition) is 2. The van der Waals surface area contributed by atoms with Crippen LogP contribution in [0.2, 0.25) is 0 Å². The summed E-state index contributed by atoms with van der Waals surface area (Å²) in [6.45, 7) is -1.17. The van der Waals surface area contributed by atoms with Gasteiger partial charge in [0.05, 0.1) is 12.4 Å². The number of nitrogens with two attached hydrogens (primary N) is 1. The van der Waals surface area contributed by atoms with E-state index >= 15 is 0 Å². The van der Waals surface area contributed by atoms with Gasteiger partial charge in [-0.05, 0) is 12.8 Å². The molecular formula is C8H13F3N2O. The first-order valence-corrected chi connectivity index (χ1v) is 4.30. The first-order chi connectivity index (χ1) is 6.33. The molecule has 6 heteroatoms. The van der Waals surface area contributed by atoms with Gasteiger partial charge in [0.2, 0.25) is 0 Å². The van der Waals surface area contributed by atoms with E-state index in [1.54, 1.807) is 0 Å². The van der Waals surface area contributed by atoms with E-state index in [0.29, 0.717) is 6.42 Å². The number of alkyl halides is 3. The molecule has 0 aromatic rings. The normalized spacial score (nSPS) is 19.4. The number of rotatable bonds is 5. The summed E-state index contributed by atoms with van der Waals surface area (Å²) in [5, 5.41) is 7.05. The Hall–Kier alpha value is -0.780. The molecule has 0 saturated heterocycles. The van der Waals surface area contributed by atoms with E-state index in [9.17, 15) is 13.2 Å². The average molecular weight is 210 g/mol. The van der Waals surface area contributed by atoms with Gasteiger partial charge in [0.25, 0.3) is 0 Å². The summed E-state index contributed by atoms with van der Waals surface area (Å²) in [4.78, 5) is 0. The summed E-state index contributed by atoms with van der Waals surface area (Å²) in [5.74, 6) is 0.0121. The Kier molecular flexibility index (Phi) is 3.04. The van der Waals surface area contributed by atoms with E-state index < -0.39 is 12.8 Å². The molecule has 0 radical (unpaired) electrons. The SMILES string of the molecule is N=C(N)CC1(COCC(F)(F)F)CC1. The molecule has 0 aliphatic heterocycles. The Balaban J connectivity index is 2.21. The highest BCUT2D eigenvalue weighted by atomic mass is 19.4. The largest absolute Gasteiger partial charge is 0.411 e. The number of amidine groups is 1. The van der Waals surface area contributed by atoms with Crippen LogP contribution in [-0.2, 0) is 4.74 Å². The van der Waals surface area contributed by atoms with Gasteiger partial charge in [-0.1, -0.05) is 0 Å². The number of hydrogen-bond donors (Lipinski definition) is 2. The van der Waals surface area contributed by atoms with Gasteiger partial charge in [-0.2, -0.15) is 13.2 Å². The van der Waals surface area contributed by atoms with Gasteiger partial charge in [0.1, 0.15) is 6.61 Å². The predicted molar refractivity (Wildman–Crippen MR) is 45.1 cm³/mol. The van der Waals surface area contributed by atoms with Crippen molar-refractivity contribution in [3.05, 3.63) is 0 Å². The lowest BCUT2D eigenvalue weighted by atomic mass is 10.0. The van der Waals surface area contributed by atoms with Crippen molar-refractivity contribution in [2.75, 3.05) is 13.2 Å².